The van der Waals surface area contributed by atoms with E-state index >= 15 is 0 Å². The zero-order valence-corrected chi connectivity index (χ0v) is 9.67. The third-order valence-corrected chi connectivity index (χ3v) is 2.44. The van der Waals surface area contributed by atoms with Gasteiger partial charge in [0.1, 0.15) is 0 Å². The van der Waals surface area contributed by atoms with Crippen LogP contribution >= 0.6 is 0 Å². The number of allylic oxidation sites excluding steroid dienone is 2. The first-order chi connectivity index (χ1) is 7.33. The Kier molecular flexibility index (Phi) is 6.12. The first-order valence-electron chi connectivity index (χ1n) is 5.72. The molecule has 1 aliphatic heterocycles. The van der Waals surface area contributed by atoms with Crippen LogP contribution in [0.1, 0.15) is 13.3 Å². The summed E-state index contributed by atoms with van der Waals surface area (Å²) in [6.45, 7) is 11.9. The average Bonchev–Trinajstić information content (AvgIpc) is 2.28. The van der Waals surface area contributed by atoms with Crippen LogP contribution in [0.5, 0.6) is 0 Å². The van der Waals surface area contributed by atoms with E-state index < -0.39 is 0 Å². The van der Waals surface area contributed by atoms with E-state index in [4.69, 9.17) is 4.74 Å². The van der Waals surface area contributed by atoms with E-state index in [0.29, 0.717) is 0 Å². The molecule has 0 saturated carbocycles. The predicted molar refractivity (Wildman–Crippen MR) is 63.8 cm³/mol. The van der Waals surface area contributed by atoms with Gasteiger partial charge in [0.15, 0.2) is 0 Å². The fourth-order valence-electron chi connectivity index (χ4n) is 1.52. The standard InChI is InChI=1S/C12H22N2O/c1-3-4-5-12(2)13-6-7-14-8-10-15-11-9-14/h4-5,13H,2-3,6-11H2,1H3/b5-4-. The lowest BCUT2D eigenvalue weighted by Crippen LogP contribution is -2.40. The van der Waals surface area contributed by atoms with Crippen molar-refractivity contribution >= 4 is 0 Å². The molecule has 1 aliphatic rings. The molecule has 86 valence electrons. The fraction of sp³-hybridized carbons (Fsp3) is 0.667. The third kappa shape index (κ3) is 5.60. The van der Waals surface area contributed by atoms with E-state index in [1.165, 1.54) is 0 Å². The summed E-state index contributed by atoms with van der Waals surface area (Å²) in [5.41, 5.74) is 1.00. The highest BCUT2D eigenvalue weighted by atomic mass is 16.5. The smallest absolute Gasteiger partial charge is 0.0594 e. The number of nitrogens with one attached hydrogen (secondary N) is 1. The Hall–Kier alpha value is -0.800. The number of nitrogens with zero attached hydrogens (tertiary/aromatic N) is 1. The number of rotatable bonds is 6. The summed E-state index contributed by atoms with van der Waals surface area (Å²) < 4.78 is 5.29. The second-order valence-electron chi connectivity index (χ2n) is 3.72. The summed E-state index contributed by atoms with van der Waals surface area (Å²) in [5.74, 6) is 0. The van der Waals surface area contributed by atoms with Gasteiger partial charge in [-0.2, -0.15) is 0 Å². The highest BCUT2D eigenvalue weighted by Gasteiger charge is 2.08. The first-order valence-corrected chi connectivity index (χ1v) is 5.72. The minimum atomic E-state index is 0.872. The van der Waals surface area contributed by atoms with Gasteiger partial charge in [0.2, 0.25) is 0 Å². The molecule has 0 atom stereocenters. The molecule has 1 heterocycles. The molecule has 3 nitrogen and oxygen atoms in total. The molecule has 0 unspecified atom stereocenters. The Morgan fingerprint density at radius 2 is 2.20 bits per heavy atom. The number of hydrogen-bond acceptors (Lipinski definition) is 3. The topological polar surface area (TPSA) is 24.5 Å². The van der Waals surface area contributed by atoms with Crippen LogP contribution in [-0.4, -0.2) is 44.3 Å². The molecular weight excluding hydrogens is 188 g/mol. The van der Waals surface area contributed by atoms with Gasteiger partial charge in [0, 0.05) is 31.9 Å². The van der Waals surface area contributed by atoms with Gasteiger partial charge in [-0.1, -0.05) is 19.6 Å². The van der Waals surface area contributed by atoms with Crippen LogP contribution < -0.4 is 5.32 Å². The molecule has 0 bridgehead atoms. The zero-order valence-electron chi connectivity index (χ0n) is 9.67. The molecule has 0 radical (unpaired) electrons. The molecular formula is C12H22N2O. The second-order valence-corrected chi connectivity index (χ2v) is 3.72. The van der Waals surface area contributed by atoms with Crippen molar-refractivity contribution in [3.63, 3.8) is 0 Å². The first kappa shape index (κ1) is 12.3. The van der Waals surface area contributed by atoms with Crippen molar-refractivity contribution in [3.8, 4) is 0 Å². The van der Waals surface area contributed by atoms with Gasteiger partial charge in [-0.15, -0.1) is 0 Å². The van der Waals surface area contributed by atoms with Crippen LogP contribution in [0.2, 0.25) is 0 Å². The van der Waals surface area contributed by atoms with Crippen LogP contribution in [0.15, 0.2) is 24.4 Å². The van der Waals surface area contributed by atoms with Gasteiger partial charge in [-0.25, -0.2) is 0 Å². The molecule has 0 amide bonds. The molecule has 0 spiro atoms. The van der Waals surface area contributed by atoms with Crippen molar-refractivity contribution in [2.24, 2.45) is 0 Å². The second kappa shape index (κ2) is 7.49. The fourth-order valence-corrected chi connectivity index (χ4v) is 1.52. The molecule has 1 N–H and O–H groups in total. The molecule has 1 saturated heterocycles. The van der Waals surface area contributed by atoms with Gasteiger partial charge in [0.05, 0.1) is 13.2 Å². The minimum absolute atomic E-state index is 0.872. The molecule has 1 fully saturated rings. The SMILES string of the molecule is C=C(/C=C\CC)NCCN1CCOCC1. The molecule has 3 heteroatoms. The largest absolute Gasteiger partial charge is 0.384 e. The normalized spacial score (nSPS) is 18.2. The Labute approximate surface area is 92.8 Å². The summed E-state index contributed by atoms with van der Waals surface area (Å²) in [7, 11) is 0. The Bertz CT molecular complexity index is 208. The molecule has 0 aromatic heterocycles. The Balaban J connectivity index is 2.04. The maximum Gasteiger partial charge on any atom is 0.0594 e. The molecule has 0 aromatic rings. The average molecular weight is 210 g/mol. The van der Waals surface area contributed by atoms with Crippen molar-refractivity contribution in [3.05, 3.63) is 24.4 Å². The van der Waals surface area contributed by atoms with Crippen LogP contribution in [0.25, 0.3) is 0 Å². The van der Waals surface area contributed by atoms with E-state index in [2.05, 4.69) is 29.8 Å². The molecule has 0 aromatic carbocycles. The maximum atomic E-state index is 5.29. The van der Waals surface area contributed by atoms with Crippen molar-refractivity contribution in [2.45, 2.75) is 13.3 Å². The predicted octanol–water partition coefficient (Wildman–Crippen LogP) is 1.39. The van der Waals surface area contributed by atoms with E-state index in [0.717, 1.165) is 51.5 Å². The summed E-state index contributed by atoms with van der Waals surface area (Å²) in [4.78, 5) is 2.41. The Morgan fingerprint density at radius 3 is 2.87 bits per heavy atom. The van der Waals surface area contributed by atoms with E-state index in [1.54, 1.807) is 0 Å². The van der Waals surface area contributed by atoms with Gasteiger partial charge < -0.3 is 10.1 Å². The van der Waals surface area contributed by atoms with Crippen LogP contribution in [0.3, 0.4) is 0 Å². The van der Waals surface area contributed by atoms with Crippen molar-refractivity contribution in [1.82, 2.24) is 10.2 Å². The summed E-state index contributed by atoms with van der Waals surface area (Å²) in [6.07, 6.45) is 5.22. The van der Waals surface area contributed by atoms with E-state index in [1.807, 2.05) is 6.08 Å². The van der Waals surface area contributed by atoms with Gasteiger partial charge in [-0.3, -0.25) is 4.90 Å². The third-order valence-electron chi connectivity index (χ3n) is 2.44. The molecule has 15 heavy (non-hydrogen) atoms. The van der Waals surface area contributed by atoms with E-state index in [-0.39, 0.29) is 0 Å². The molecule has 0 aliphatic carbocycles. The lowest BCUT2D eigenvalue weighted by Gasteiger charge is -2.26. The summed E-state index contributed by atoms with van der Waals surface area (Å²) in [6, 6.07) is 0. The molecule has 1 rings (SSSR count). The van der Waals surface area contributed by atoms with Crippen LogP contribution in [0.4, 0.5) is 0 Å². The monoisotopic (exact) mass is 210 g/mol. The highest BCUT2D eigenvalue weighted by molar-refractivity contribution is 5.11. The summed E-state index contributed by atoms with van der Waals surface area (Å²) >= 11 is 0. The summed E-state index contributed by atoms with van der Waals surface area (Å²) in [5, 5.41) is 3.30. The number of ether oxygens (including phenoxy) is 1. The van der Waals surface area contributed by atoms with E-state index in [9.17, 15) is 0 Å². The highest BCUT2D eigenvalue weighted by Crippen LogP contribution is 1.95. The quantitative estimate of drug-likeness (QED) is 0.670. The van der Waals surface area contributed by atoms with Gasteiger partial charge in [-0.05, 0) is 12.5 Å². The minimum Gasteiger partial charge on any atom is -0.384 e. The van der Waals surface area contributed by atoms with Crippen LogP contribution in [-0.2, 0) is 4.74 Å². The zero-order chi connectivity index (χ0) is 10.9. The Morgan fingerprint density at radius 1 is 1.47 bits per heavy atom. The van der Waals surface area contributed by atoms with Crippen LogP contribution in [0, 0.1) is 0 Å². The lowest BCUT2D eigenvalue weighted by atomic mass is 10.3. The van der Waals surface area contributed by atoms with Crippen molar-refractivity contribution in [1.29, 1.82) is 0 Å². The van der Waals surface area contributed by atoms with Crippen molar-refractivity contribution in [2.75, 3.05) is 39.4 Å². The number of morpholine rings is 1. The maximum absolute atomic E-state index is 5.29. The van der Waals surface area contributed by atoms with Crippen molar-refractivity contribution < 1.29 is 4.74 Å². The van der Waals surface area contributed by atoms with Gasteiger partial charge >= 0.3 is 0 Å². The van der Waals surface area contributed by atoms with Gasteiger partial charge in [0.25, 0.3) is 0 Å². The number of hydrogen-bond donors (Lipinski definition) is 1. The lowest BCUT2D eigenvalue weighted by molar-refractivity contribution is 0.0387.